The van der Waals surface area contributed by atoms with Crippen LogP contribution >= 0.6 is 0 Å². The van der Waals surface area contributed by atoms with E-state index in [4.69, 9.17) is 10.00 Å². The molecule has 2 atom stereocenters. The summed E-state index contributed by atoms with van der Waals surface area (Å²) in [6.45, 7) is 0. The number of nitriles is 1. The van der Waals surface area contributed by atoms with Gasteiger partial charge in [-0.25, -0.2) is 0 Å². The van der Waals surface area contributed by atoms with Crippen molar-refractivity contribution in [2.75, 3.05) is 12.4 Å². The van der Waals surface area contributed by atoms with Crippen LogP contribution in [0.15, 0.2) is 18.2 Å². The number of para-hydroxylation sites is 1. The van der Waals surface area contributed by atoms with E-state index >= 15 is 0 Å². The van der Waals surface area contributed by atoms with Gasteiger partial charge in [-0.3, -0.25) is 0 Å². The van der Waals surface area contributed by atoms with Crippen LogP contribution < -0.4 is 10.1 Å². The molecule has 0 heterocycles. The molecule has 0 radical (unpaired) electrons. The Morgan fingerprint density at radius 1 is 1.29 bits per heavy atom. The van der Waals surface area contributed by atoms with Crippen LogP contribution in [0.2, 0.25) is 0 Å². The van der Waals surface area contributed by atoms with Crippen molar-refractivity contribution in [1.29, 1.82) is 5.26 Å². The minimum Gasteiger partial charge on any atom is -0.495 e. The van der Waals surface area contributed by atoms with Crippen LogP contribution in [0, 0.1) is 17.2 Å². The van der Waals surface area contributed by atoms with E-state index in [1.165, 1.54) is 7.11 Å². The van der Waals surface area contributed by atoms with Crippen LogP contribution in [0.1, 0.15) is 31.2 Å². The molecule has 114 valence electrons. The second kappa shape index (κ2) is 6.25. The predicted molar refractivity (Wildman–Crippen MR) is 73.1 cm³/mol. The lowest BCUT2D eigenvalue weighted by Gasteiger charge is -2.34. The van der Waals surface area contributed by atoms with Crippen molar-refractivity contribution in [3.05, 3.63) is 23.8 Å². The molecule has 1 aliphatic carbocycles. The molecule has 6 heteroatoms. The zero-order valence-corrected chi connectivity index (χ0v) is 11.7. The van der Waals surface area contributed by atoms with Gasteiger partial charge in [-0.15, -0.1) is 0 Å². The second-order valence-electron chi connectivity index (χ2n) is 5.18. The van der Waals surface area contributed by atoms with Gasteiger partial charge in [0.25, 0.3) is 0 Å². The maximum absolute atomic E-state index is 13.1. The van der Waals surface area contributed by atoms with Gasteiger partial charge in [0, 0.05) is 6.04 Å². The summed E-state index contributed by atoms with van der Waals surface area (Å²) in [6.07, 6.45) is -2.33. The lowest BCUT2D eigenvalue weighted by atomic mass is 9.83. The number of nitrogens with zero attached hydrogens (tertiary/aromatic N) is 1. The Balaban J connectivity index is 2.30. The maximum atomic E-state index is 13.1. The Morgan fingerprint density at radius 3 is 2.62 bits per heavy atom. The van der Waals surface area contributed by atoms with Gasteiger partial charge in [-0.1, -0.05) is 18.9 Å². The molecule has 1 aromatic rings. The average molecular weight is 298 g/mol. The summed E-state index contributed by atoms with van der Waals surface area (Å²) in [6, 6.07) is 6.11. The topological polar surface area (TPSA) is 45.0 Å². The van der Waals surface area contributed by atoms with Crippen molar-refractivity contribution in [2.45, 2.75) is 37.9 Å². The fourth-order valence-electron chi connectivity index (χ4n) is 2.82. The highest BCUT2D eigenvalue weighted by Gasteiger charge is 2.45. The largest absolute Gasteiger partial charge is 0.495 e. The number of rotatable bonds is 3. The molecule has 0 saturated heterocycles. The molecule has 0 spiro atoms. The van der Waals surface area contributed by atoms with Crippen LogP contribution in [0.4, 0.5) is 18.9 Å². The first kappa shape index (κ1) is 15.5. The Labute approximate surface area is 121 Å². The molecule has 1 aromatic carbocycles. The van der Waals surface area contributed by atoms with Gasteiger partial charge >= 0.3 is 6.18 Å². The number of hydrogen-bond donors (Lipinski definition) is 1. The molecule has 2 rings (SSSR count). The van der Waals surface area contributed by atoms with Gasteiger partial charge in [0.1, 0.15) is 11.8 Å². The lowest BCUT2D eigenvalue weighted by molar-refractivity contribution is -0.184. The first-order valence-corrected chi connectivity index (χ1v) is 6.87. The molecule has 0 aromatic heterocycles. The van der Waals surface area contributed by atoms with E-state index in [-0.39, 0.29) is 6.42 Å². The average Bonchev–Trinajstić information content (AvgIpc) is 2.47. The standard InChI is InChI=1S/C15H17F3N2O/c1-21-13-8-4-5-10(9-19)14(13)20-12-7-3-2-6-11(12)15(16,17)18/h4-5,8,11-12,20H,2-3,6-7H2,1H3. The van der Waals surface area contributed by atoms with E-state index < -0.39 is 18.1 Å². The Morgan fingerprint density at radius 2 is 2.00 bits per heavy atom. The summed E-state index contributed by atoms with van der Waals surface area (Å²) in [5, 5.41) is 12.0. The second-order valence-corrected chi connectivity index (χ2v) is 5.18. The number of methoxy groups -OCH3 is 1. The zero-order valence-electron chi connectivity index (χ0n) is 11.7. The quantitative estimate of drug-likeness (QED) is 0.913. The van der Waals surface area contributed by atoms with E-state index in [2.05, 4.69) is 5.32 Å². The SMILES string of the molecule is COc1cccc(C#N)c1NC1CCCCC1C(F)(F)F. The normalized spacial score (nSPS) is 22.4. The van der Waals surface area contributed by atoms with Crippen LogP contribution in [0.3, 0.4) is 0 Å². The highest BCUT2D eigenvalue weighted by molar-refractivity contribution is 5.66. The molecular weight excluding hydrogens is 281 g/mol. The molecule has 0 aliphatic heterocycles. The molecule has 0 amide bonds. The minimum absolute atomic E-state index is 0.123. The van der Waals surface area contributed by atoms with Crippen molar-refractivity contribution in [2.24, 2.45) is 5.92 Å². The first-order chi connectivity index (χ1) is 9.97. The zero-order chi connectivity index (χ0) is 15.5. The van der Waals surface area contributed by atoms with Crippen LogP contribution in [0.5, 0.6) is 5.75 Å². The number of halogens is 3. The van der Waals surface area contributed by atoms with Crippen LogP contribution in [-0.4, -0.2) is 19.3 Å². The van der Waals surface area contributed by atoms with Gasteiger partial charge in [-0.2, -0.15) is 18.4 Å². The van der Waals surface area contributed by atoms with Crippen LogP contribution in [0.25, 0.3) is 0 Å². The third-order valence-corrected chi connectivity index (χ3v) is 3.88. The van der Waals surface area contributed by atoms with Crippen molar-refractivity contribution in [1.82, 2.24) is 0 Å². The van der Waals surface area contributed by atoms with E-state index in [9.17, 15) is 13.2 Å². The molecule has 1 N–H and O–H groups in total. The van der Waals surface area contributed by atoms with Gasteiger partial charge in [0.05, 0.1) is 24.3 Å². The molecule has 1 fully saturated rings. The number of nitrogens with one attached hydrogen (secondary N) is 1. The predicted octanol–water partition coefficient (Wildman–Crippen LogP) is 4.10. The van der Waals surface area contributed by atoms with Crippen LogP contribution in [-0.2, 0) is 0 Å². The molecule has 1 saturated carbocycles. The summed E-state index contributed by atoms with van der Waals surface area (Å²) in [4.78, 5) is 0. The molecule has 21 heavy (non-hydrogen) atoms. The van der Waals surface area contributed by atoms with E-state index in [0.717, 1.165) is 6.42 Å². The summed E-state index contributed by atoms with van der Waals surface area (Å²) in [7, 11) is 1.43. The monoisotopic (exact) mass is 298 g/mol. The van der Waals surface area contributed by atoms with E-state index in [0.29, 0.717) is 29.8 Å². The van der Waals surface area contributed by atoms with E-state index in [1.807, 2.05) is 6.07 Å². The van der Waals surface area contributed by atoms with Crippen molar-refractivity contribution >= 4 is 5.69 Å². The fraction of sp³-hybridized carbons (Fsp3) is 0.533. The molecule has 1 aliphatic rings. The molecular formula is C15H17F3N2O. The van der Waals surface area contributed by atoms with E-state index in [1.54, 1.807) is 18.2 Å². The van der Waals surface area contributed by atoms with Crippen molar-refractivity contribution in [3.8, 4) is 11.8 Å². The number of hydrogen-bond acceptors (Lipinski definition) is 3. The van der Waals surface area contributed by atoms with Crippen molar-refractivity contribution < 1.29 is 17.9 Å². The lowest BCUT2D eigenvalue weighted by Crippen LogP contribution is -2.41. The molecule has 3 nitrogen and oxygen atoms in total. The Bertz CT molecular complexity index is 537. The first-order valence-electron chi connectivity index (χ1n) is 6.87. The highest BCUT2D eigenvalue weighted by Crippen LogP contribution is 2.40. The Hall–Kier alpha value is -1.90. The highest BCUT2D eigenvalue weighted by atomic mass is 19.4. The van der Waals surface area contributed by atoms with Gasteiger partial charge in [0.15, 0.2) is 0 Å². The number of ether oxygens (including phenoxy) is 1. The summed E-state index contributed by atoms with van der Waals surface area (Å²) >= 11 is 0. The Kier molecular flexibility index (Phi) is 4.61. The fourth-order valence-corrected chi connectivity index (χ4v) is 2.82. The number of anilines is 1. The summed E-state index contributed by atoms with van der Waals surface area (Å²) in [5.41, 5.74) is 0.643. The number of benzene rings is 1. The molecule has 0 bridgehead atoms. The summed E-state index contributed by atoms with van der Waals surface area (Å²) < 4.78 is 44.5. The van der Waals surface area contributed by atoms with Crippen molar-refractivity contribution in [3.63, 3.8) is 0 Å². The molecule has 2 unspecified atom stereocenters. The number of alkyl halides is 3. The van der Waals surface area contributed by atoms with Gasteiger partial charge in [0.2, 0.25) is 0 Å². The van der Waals surface area contributed by atoms with Gasteiger partial charge in [-0.05, 0) is 25.0 Å². The third-order valence-electron chi connectivity index (χ3n) is 3.88. The maximum Gasteiger partial charge on any atom is 0.393 e. The minimum atomic E-state index is -4.23. The summed E-state index contributed by atoms with van der Waals surface area (Å²) in [5.74, 6) is -0.997. The smallest absolute Gasteiger partial charge is 0.393 e. The van der Waals surface area contributed by atoms with Gasteiger partial charge < -0.3 is 10.1 Å². The third kappa shape index (κ3) is 3.41.